The molecule has 1 atom stereocenters. The quantitative estimate of drug-likeness (QED) is 0.580. The van der Waals surface area contributed by atoms with E-state index in [2.05, 4.69) is 12.3 Å². The smallest absolute Gasteiger partial charge is 0.426 e. The Kier molecular flexibility index (Phi) is 8.27. The van der Waals surface area contributed by atoms with Crippen LogP contribution in [0.1, 0.15) is 43.7 Å². The number of nitrogens with zero attached hydrogens (tertiary/aromatic N) is 1. The second-order valence-corrected chi connectivity index (χ2v) is 7.51. The van der Waals surface area contributed by atoms with Gasteiger partial charge in [0.15, 0.2) is 0 Å². The first-order valence-electron chi connectivity index (χ1n) is 10.7. The van der Waals surface area contributed by atoms with Gasteiger partial charge in [0, 0.05) is 6.61 Å². The monoisotopic (exact) mass is 410 g/mol. The fourth-order valence-corrected chi connectivity index (χ4v) is 3.50. The van der Waals surface area contributed by atoms with E-state index < -0.39 is 6.09 Å². The molecule has 0 bridgehead atoms. The number of amides is 2. The number of rotatable bonds is 10. The number of hydrazine groups is 1. The number of ether oxygens (including phenoxy) is 2. The number of fused-ring (bicyclic) bond motifs is 1. The lowest BCUT2D eigenvalue weighted by Gasteiger charge is -2.33. The first-order chi connectivity index (χ1) is 14.7. The Balaban J connectivity index is 1.58. The van der Waals surface area contributed by atoms with Crippen LogP contribution in [-0.2, 0) is 27.3 Å². The molecular weight excluding hydrogens is 380 g/mol. The highest BCUT2D eigenvalue weighted by atomic mass is 16.6. The molecule has 1 N–H and O–H groups in total. The molecule has 1 aliphatic heterocycles. The molecule has 0 spiro atoms. The van der Waals surface area contributed by atoms with Gasteiger partial charge < -0.3 is 9.47 Å². The van der Waals surface area contributed by atoms with Crippen molar-refractivity contribution in [1.82, 2.24) is 5.43 Å². The van der Waals surface area contributed by atoms with Crippen LogP contribution in [-0.4, -0.2) is 25.2 Å². The van der Waals surface area contributed by atoms with Crippen molar-refractivity contribution in [2.75, 3.05) is 18.2 Å². The Hall–Kier alpha value is -2.86. The third-order valence-corrected chi connectivity index (χ3v) is 5.15. The largest absolute Gasteiger partial charge is 0.443 e. The van der Waals surface area contributed by atoms with E-state index in [0.717, 1.165) is 24.0 Å². The predicted octanol–water partition coefficient (Wildman–Crippen LogP) is 4.63. The van der Waals surface area contributed by atoms with Crippen molar-refractivity contribution in [3.63, 3.8) is 0 Å². The van der Waals surface area contributed by atoms with Gasteiger partial charge in [-0.1, -0.05) is 74.7 Å². The van der Waals surface area contributed by atoms with E-state index in [9.17, 15) is 9.59 Å². The van der Waals surface area contributed by atoms with Gasteiger partial charge in [-0.05, 0) is 30.0 Å². The zero-order valence-electron chi connectivity index (χ0n) is 17.5. The minimum absolute atomic E-state index is 0.140. The number of hydrogen-bond donors (Lipinski definition) is 1. The number of nitrogens with one attached hydrogen (secondary N) is 1. The predicted molar refractivity (Wildman–Crippen MR) is 116 cm³/mol. The van der Waals surface area contributed by atoms with E-state index in [1.165, 1.54) is 17.9 Å². The lowest BCUT2D eigenvalue weighted by atomic mass is 9.93. The van der Waals surface area contributed by atoms with Crippen LogP contribution in [0, 0.1) is 5.92 Å². The second kappa shape index (κ2) is 11.4. The maximum Gasteiger partial charge on any atom is 0.426 e. The van der Waals surface area contributed by atoms with Gasteiger partial charge >= 0.3 is 6.09 Å². The molecule has 160 valence electrons. The van der Waals surface area contributed by atoms with Crippen molar-refractivity contribution in [2.24, 2.45) is 5.92 Å². The van der Waals surface area contributed by atoms with Crippen molar-refractivity contribution >= 4 is 17.7 Å². The molecule has 30 heavy (non-hydrogen) atoms. The topological polar surface area (TPSA) is 67.9 Å². The SMILES string of the molecule is CCCCCCOC[C@@H]1Cc2ccccc2N(NC(=O)OCc2ccccc2)C1=O. The van der Waals surface area contributed by atoms with E-state index in [4.69, 9.17) is 9.47 Å². The summed E-state index contributed by atoms with van der Waals surface area (Å²) in [5.74, 6) is -0.514. The summed E-state index contributed by atoms with van der Waals surface area (Å²) in [7, 11) is 0. The van der Waals surface area contributed by atoms with Crippen LogP contribution in [0.4, 0.5) is 10.5 Å². The molecule has 6 heteroatoms. The van der Waals surface area contributed by atoms with Gasteiger partial charge in [0.25, 0.3) is 5.91 Å². The first-order valence-corrected chi connectivity index (χ1v) is 10.7. The molecule has 0 aliphatic carbocycles. The molecule has 0 unspecified atom stereocenters. The second-order valence-electron chi connectivity index (χ2n) is 7.51. The molecule has 3 rings (SSSR count). The summed E-state index contributed by atoms with van der Waals surface area (Å²) in [6, 6.07) is 17.0. The molecule has 0 aromatic heterocycles. The van der Waals surface area contributed by atoms with Crippen molar-refractivity contribution in [3.05, 3.63) is 65.7 Å². The minimum atomic E-state index is -0.664. The Bertz CT molecular complexity index is 825. The van der Waals surface area contributed by atoms with Gasteiger partial charge in [-0.25, -0.2) is 15.2 Å². The number of hydrogen-bond acceptors (Lipinski definition) is 4. The molecule has 2 amide bonds. The van der Waals surface area contributed by atoms with Crippen LogP contribution in [0.5, 0.6) is 0 Å². The van der Waals surface area contributed by atoms with E-state index in [1.807, 2.05) is 54.6 Å². The lowest BCUT2D eigenvalue weighted by molar-refractivity contribution is -0.125. The van der Waals surface area contributed by atoms with Crippen molar-refractivity contribution in [3.8, 4) is 0 Å². The molecule has 2 aromatic rings. The number of unbranched alkanes of at least 4 members (excludes halogenated alkanes) is 3. The summed E-state index contributed by atoms with van der Waals surface area (Å²) in [6.07, 6.45) is 4.45. The summed E-state index contributed by atoms with van der Waals surface area (Å²) in [5.41, 5.74) is 5.17. The summed E-state index contributed by atoms with van der Waals surface area (Å²) in [4.78, 5) is 25.4. The minimum Gasteiger partial charge on any atom is -0.443 e. The molecule has 0 radical (unpaired) electrons. The fraction of sp³-hybridized carbons (Fsp3) is 0.417. The van der Waals surface area contributed by atoms with Crippen molar-refractivity contribution in [2.45, 2.75) is 45.6 Å². The van der Waals surface area contributed by atoms with Crippen LogP contribution in [0.2, 0.25) is 0 Å². The highest BCUT2D eigenvalue weighted by Crippen LogP contribution is 2.29. The molecule has 0 fully saturated rings. The molecule has 1 aliphatic rings. The third kappa shape index (κ3) is 6.07. The van der Waals surface area contributed by atoms with Gasteiger partial charge in [0.2, 0.25) is 0 Å². The number of carbonyl (C=O) groups excluding carboxylic acids is 2. The fourth-order valence-electron chi connectivity index (χ4n) is 3.50. The first kappa shape index (κ1) is 21.8. The van der Waals surface area contributed by atoms with E-state index in [1.54, 1.807) is 0 Å². The molecular formula is C24H30N2O4. The lowest BCUT2D eigenvalue weighted by Crippen LogP contribution is -2.53. The molecule has 6 nitrogen and oxygen atoms in total. The van der Waals surface area contributed by atoms with E-state index in [-0.39, 0.29) is 18.4 Å². The standard InChI is InChI=1S/C24H30N2O4/c1-2-3-4-10-15-29-18-21-16-20-13-8-9-14-22(20)26(23(21)27)25-24(28)30-17-19-11-6-5-7-12-19/h5-9,11-14,21H,2-4,10,15-18H2,1H3,(H,25,28)/t21-/m0/s1. The van der Waals surface area contributed by atoms with E-state index in [0.29, 0.717) is 25.3 Å². The highest BCUT2D eigenvalue weighted by molar-refractivity contribution is 5.99. The third-order valence-electron chi connectivity index (χ3n) is 5.15. The number of anilines is 1. The highest BCUT2D eigenvalue weighted by Gasteiger charge is 2.34. The Morgan fingerprint density at radius 3 is 2.63 bits per heavy atom. The average molecular weight is 411 g/mol. The van der Waals surface area contributed by atoms with Crippen LogP contribution in [0.3, 0.4) is 0 Å². The van der Waals surface area contributed by atoms with Crippen molar-refractivity contribution in [1.29, 1.82) is 0 Å². The summed E-state index contributed by atoms with van der Waals surface area (Å²) in [5, 5.41) is 1.30. The van der Waals surface area contributed by atoms with E-state index >= 15 is 0 Å². The maximum atomic E-state index is 13.0. The Morgan fingerprint density at radius 1 is 1.07 bits per heavy atom. The summed E-state index contributed by atoms with van der Waals surface area (Å²) >= 11 is 0. The van der Waals surface area contributed by atoms with Gasteiger partial charge in [0.1, 0.15) is 6.61 Å². The van der Waals surface area contributed by atoms with Crippen LogP contribution in [0.15, 0.2) is 54.6 Å². The molecule has 0 saturated heterocycles. The van der Waals surface area contributed by atoms with Gasteiger partial charge in [0.05, 0.1) is 18.2 Å². The number of para-hydroxylation sites is 1. The summed E-state index contributed by atoms with van der Waals surface area (Å²) < 4.78 is 11.1. The van der Waals surface area contributed by atoms with Crippen LogP contribution >= 0.6 is 0 Å². The van der Waals surface area contributed by atoms with Gasteiger partial charge in [-0.2, -0.15) is 0 Å². The molecule has 0 saturated carbocycles. The van der Waals surface area contributed by atoms with Crippen LogP contribution < -0.4 is 10.4 Å². The zero-order valence-corrected chi connectivity index (χ0v) is 17.5. The Morgan fingerprint density at radius 2 is 1.83 bits per heavy atom. The van der Waals surface area contributed by atoms with Crippen molar-refractivity contribution < 1.29 is 19.1 Å². The maximum absolute atomic E-state index is 13.0. The Labute approximate surface area is 178 Å². The van der Waals surface area contributed by atoms with Crippen LogP contribution in [0.25, 0.3) is 0 Å². The summed E-state index contributed by atoms with van der Waals surface area (Å²) in [6.45, 7) is 3.31. The zero-order chi connectivity index (χ0) is 21.2. The molecule has 1 heterocycles. The van der Waals surface area contributed by atoms with Gasteiger partial charge in [-0.15, -0.1) is 0 Å². The van der Waals surface area contributed by atoms with Gasteiger partial charge in [-0.3, -0.25) is 4.79 Å². The normalized spacial score (nSPS) is 15.6. The number of benzene rings is 2. The molecule has 2 aromatic carbocycles. The average Bonchev–Trinajstić information content (AvgIpc) is 2.78. The number of carbonyl (C=O) groups is 2.